The summed E-state index contributed by atoms with van der Waals surface area (Å²) in [4.78, 5) is 39.8. The van der Waals surface area contributed by atoms with Gasteiger partial charge in [0, 0.05) is 25.3 Å². The van der Waals surface area contributed by atoms with Gasteiger partial charge in [-0.2, -0.15) is 5.01 Å². The normalized spacial score (nSPS) is 29.8. The van der Waals surface area contributed by atoms with Crippen LogP contribution in [0.15, 0.2) is 36.4 Å². The maximum absolute atomic E-state index is 12.7. The second-order valence-corrected chi connectivity index (χ2v) is 7.24. The van der Waals surface area contributed by atoms with Crippen molar-refractivity contribution in [2.45, 2.75) is 12.8 Å². The van der Waals surface area contributed by atoms with E-state index in [1.54, 1.807) is 12.1 Å². The highest BCUT2D eigenvalue weighted by atomic mass is 16.2. The Morgan fingerprint density at radius 2 is 1.52 bits per heavy atom. The molecule has 6 nitrogen and oxygen atoms in total. The first-order chi connectivity index (χ1) is 12.0. The van der Waals surface area contributed by atoms with Crippen LogP contribution in [-0.4, -0.2) is 36.8 Å². The van der Waals surface area contributed by atoms with E-state index in [2.05, 4.69) is 17.6 Å². The molecule has 5 rings (SSSR count). The van der Waals surface area contributed by atoms with E-state index in [1.165, 1.54) is 0 Å². The van der Waals surface area contributed by atoms with Crippen LogP contribution in [0.3, 0.4) is 0 Å². The fraction of sp³-hybridized carbons (Fsp3) is 0.421. The van der Waals surface area contributed by atoms with Crippen molar-refractivity contribution in [3.63, 3.8) is 0 Å². The average molecular weight is 339 g/mol. The Bertz CT molecular complexity index is 737. The lowest BCUT2D eigenvalue weighted by Gasteiger charge is -2.37. The van der Waals surface area contributed by atoms with Crippen LogP contribution in [-0.2, 0) is 9.59 Å². The van der Waals surface area contributed by atoms with Gasteiger partial charge in [-0.15, -0.1) is 0 Å². The quantitative estimate of drug-likeness (QED) is 0.671. The van der Waals surface area contributed by atoms with Gasteiger partial charge in [-0.3, -0.25) is 19.8 Å². The Labute approximate surface area is 146 Å². The van der Waals surface area contributed by atoms with Crippen molar-refractivity contribution in [2.24, 2.45) is 23.7 Å². The van der Waals surface area contributed by atoms with Crippen LogP contribution in [0.4, 0.5) is 5.69 Å². The number of carbonyl (C=O) groups is 3. The van der Waals surface area contributed by atoms with Crippen LogP contribution in [0.2, 0.25) is 0 Å². The van der Waals surface area contributed by atoms with Gasteiger partial charge in [0.05, 0.1) is 11.8 Å². The Morgan fingerprint density at radius 1 is 1.00 bits per heavy atom. The van der Waals surface area contributed by atoms with Crippen LogP contribution in [0.1, 0.15) is 23.2 Å². The molecule has 4 atom stereocenters. The topological polar surface area (TPSA) is 69.7 Å². The number of carbonyl (C=O) groups excluding carboxylic acids is 3. The van der Waals surface area contributed by atoms with Crippen molar-refractivity contribution in [1.29, 1.82) is 0 Å². The summed E-state index contributed by atoms with van der Waals surface area (Å²) < 4.78 is 0. The maximum Gasteiger partial charge on any atom is 0.270 e. The van der Waals surface area contributed by atoms with Gasteiger partial charge in [0.15, 0.2) is 0 Å². The van der Waals surface area contributed by atoms with Crippen molar-refractivity contribution >= 4 is 23.4 Å². The van der Waals surface area contributed by atoms with E-state index in [4.69, 9.17) is 0 Å². The molecule has 1 aromatic rings. The van der Waals surface area contributed by atoms with E-state index in [-0.39, 0.29) is 35.5 Å². The first-order valence-electron chi connectivity index (χ1n) is 8.62. The Morgan fingerprint density at radius 3 is 1.96 bits per heavy atom. The molecule has 1 heterocycles. The lowest BCUT2D eigenvalue weighted by atomic mass is 9.63. The third-order valence-corrected chi connectivity index (χ3v) is 5.62. The largest absolute Gasteiger partial charge is 0.378 e. The number of nitrogens with one attached hydrogen (secondary N) is 1. The second kappa shape index (κ2) is 5.72. The van der Waals surface area contributed by atoms with E-state index in [0.717, 1.165) is 23.5 Å². The number of nitrogens with zero attached hydrogens (tertiary/aromatic N) is 2. The summed E-state index contributed by atoms with van der Waals surface area (Å²) >= 11 is 0. The molecule has 3 amide bonds. The lowest BCUT2D eigenvalue weighted by molar-refractivity contribution is -0.143. The zero-order valence-electron chi connectivity index (χ0n) is 14.3. The molecule has 1 aliphatic heterocycles. The summed E-state index contributed by atoms with van der Waals surface area (Å²) in [6.45, 7) is 0. The maximum atomic E-state index is 12.7. The van der Waals surface area contributed by atoms with Crippen LogP contribution >= 0.6 is 0 Å². The van der Waals surface area contributed by atoms with Crippen LogP contribution in [0, 0.1) is 23.7 Å². The van der Waals surface area contributed by atoms with Gasteiger partial charge in [-0.25, -0.2) is 0 Å². The molecule has 130 valence electrons. The van der Waals surface area contributed by atoms with Gasteiger partial charge in [-0.05, 0) is 48.9 Å². The Balaban J connectivity index is 1.52. The van der Waals surface area contributed by atoms with Crippen molar-refractivity contribution < 1.29 is 14.4 Å². The number of hydrogen-bond acceptors (Lipinski definition) is 4. The molecule has 1 saturated heterocycles. The van der Waals surface area contributed by atoms with Gasteiger partial charge < -0.3 is 4.90 Å². The number of benzene rings is 1. The van der Waals surface area contributed by atoms with Gasteiger partial charge in [0.25, 0.3) is 17.7 Å². The Hall–Kier alpha value is -2.63. The van der Waals surface area contributed by atoms with E-state index < -0.39 is 5.91 Å². The zero-order chi connectivity index (χ0) is 17.7. The number of amides is 3. The summed E-state index contributed by atoms with van der Waals surface area (Å²) in [5.41, 5.74) is 3.91. The molecule has 2 bridgehead atoms. The van der Waals surface area contributed by atoms with Gasteiger partial charge in [0.1, 0.15) is 0 Å². The molecule has 1 N–H and O–H groups in total. The predicted octanol–water partition coefficient (Wildman–Crippen LogP) is 1.59. The molecule has 0 aromatic heterocycles. The van der Waals surface area contributed by atoms with Gasteiger partial charge in [0.2, 0.25) is 0 Å². The molecule has 0 spiro atoms. The number of fused-ring (bicyclic) bond motifs is 1. The molecule has 25 heavy (non-hydrogen) atoms. The highest BCUT2D eigenvalue weighted by molar-refractivity contribution is 6.08. The van der Waals surface area contributed by atoms with Crippen molar-refractivity contribution in [1.82, 2.24) is 10.4 Å². The van der Waals surface area contributed by atoms with Gasteiger partial charge >= 0.3 is 0 Å². The number of allylic oxidation sites excluding steroid dienone is 2. The van der Waals surface area contributed by atoms with Crippen molar-refractivity contribution in [2.75, 3.05) is 19.0 Å². The first-order valence-corrected chi connectivity index (χ1v) is 8.62. The third kappa shape index (κ3) is 2.44. The summed E-state index contributed by atoms with van der Waals surface area (Å²) in [5, 5.41) is 0.954. The standard InChI is InChI=1S/C19H21N3O3/c1-21(2)14-9-7-13(8-10-14)17(23)20-22-18(24)15-11-3-4-12(6-5-11)16(15)19(22)25/h3-4,7-12,15-16H,5-6H2,1-2H3,(H,20,23). The molecular formula is C19H21N3O3. The summed E-state index contributed by atoms with van der Waals surface area (Å²) in [7, 11) is 3.83. The molecule has 4 aliphatic rings. The predicted molar refractivity (Wildman–Crippen MR) is 92.4 cm³/mol. The third-order valence-electron chi connectivity index (χ3n) is 5.62. The monoisotopic (exact) mass is 339 g/mol. The zero-order valence-corrected chi connectivity index (χ0v) is 14.3. The minimum Gasteiger partial charge on any atom is -0.378 e. The number of hydrogen-bond donors (Lipinski definition) is 1. The molecule has 1 aromatic carbocycles. The van der Waals surface area contributed by atoms with E-state index in [9.17, 15) is 14.4 Å². The molecule has 1 saturated carbocycles. The van der Waals surface area contributed by atoms with Gasteiger partial charge in [-0.1, -0.05) is 12.2 Å². The average Bonchev–Trinajstić information content (AvgIpc) is 2.90. The van der Waals surface area contributed by atoms with E-state index >= 15 is 0 Å². The van der Waals surface area contributed by atoms with Crippen molar-refractivity contribution in [3.05, 3.63) is 42.0 Å². The first kappa shape index (κ1) is 15.9. The number of imide groups is 1. The van der Waals surface area contributed by atoms with E-state index in [1.807, 2.05) is 31.1 Å². The minimum atomic E-state index is -0.439. The number of hydrazine groups is 1. The molecule has 3 aliphatic carbocycles. The summed E-state index contributed by atoms with van der Waals surface area (Å²) in [5.74, 6) is -1.37. The molecule has 6 heteroatoms. The highest BCUT2D eigenvalue weighted by Crippen LogP contribution is 2.49. The molecule has 0 radical (unpaired) electrons. The van der Waals surface area contributed by atoms with Crippen LogP contribution < -0.4 is 10.3 Å². The fourth-order valence-electron chi connectivity index (χ4n) is 4.26. The minimum absolute atomic E-state index is 0.118. The van der Waals surface area contributed by atoms with E-state index in [0.29, 0.717) is 5.56 Å². The molecule has 4 unspecified atom stereocenters. The number of anilines is 1. The summed E-state index contributed by atoms with van der Waals surface area (Å²) in [6, 6.07) is 7.03. The highest BCUT2D eigenvalue weighted by Gasteiger charge is 2.57. The SMILES string of the molecule is CN(C)c1ccc(C(=O)NN2C(=O)C3C4C=CC(CC4)C3C2=O)cc1. The van der Waals surface area contributed by atoms with Crippen LogP contribution in [0.5, 0.6) is 0 Å². The number of rotatable bonds is 3. The Kier molecular flexibility index (Phi) is 3.63. The van der Waals surface area contributed by atoms with Crippen LogP contribution in [0.25, 0.3) is 0 Å². The summed E-state index contributed by atoms with van der Waals surface area (Å²) in [6.07, 6.45) is 6.00. The fourth-order valence-corrected chi connectivity index (χ4v) is 4.26. The second-order valence-electron chi connectivity index (χ2n) is 7.24. The van der Waals surface area contributed by atoms with Crippen molar-refractivity contribution in [3.8, 4) is 0 Å². The smallest absolute Gasteiger partial charge is 0.270 e. The molecular weight excluding hydrogens is 318 g/mol. The molecule has 2 fully saturated rings. The lowest BCUT2D eigenvalue weighted by Crippen LogP contribution is -2.46.